The van der Waals surface area contributed by atoms with Gasteiger partial charge in [-0.1, -0.05) is 0 Å². The average Bonchev–Trinajstić information content (AvgIpc) is 3.26. The number of carbonyl (C=O) groups is 2. The van der Waals surface area contributed by atoms with Gasteiger partial charge in [0.15, 0.2) is 0 Å². The van der Waals surface area contributed by atoms with E-state index in [4.69, 9.17) is 5.11 Å². The predicted molar refractivity (Wildman–Crippen MR) is 74.4 cm³/mol. The van der Waals surface area contributed by atoms with Gasteiger partial charge >= 0.3 is 12.0 Å². The number of aliphatic carboxylic acids is 1. The molecule has 2 saturated carbocycles. The Hall–Kier alpha value is -1.26. The molecule has 5 nitrogen and oxygen atoms in total. The van der Waals surface area contributed by atoms with Gasteiger partial charge in [-0.05, 0) is 50.4 Å². The molecule has 1 atom stereocenters. The Kier molecular flexibility index (Phi) is 3.85. The molecule has 1 N–H and O–H groups in total. The van der Waals surface area contributed by atoms with Crippen LogP contribution in [0.15, 0.2) is 0 Å². The van der Waals surface area contributed by atoms with Crippen molar-refractivity contribution in [2.75, 3.05) is 19.6 Å². The zero-order valence-corrected chi connectivity index (χ0v) is 12.0. The molecule has 0 aromatic heterocycles. The minimum absolute atomic E-state index is 0.132. The first-order valence-corrected chi connectivity index (χ1v) is 7.91. The van der Waals surface area contributed by atoms with Crippen molar-refractivity contribution in [3.63, 3.8) is 0 Å². The van der Waals surface area contributed by atoms with Crippen molar-refractivity contribution < 1.29 is 14.7 Å². The number of carboxylic acid groups (broad SMARTS) is 1. The van der Waals surface area contributed by atoms with E-state index in [-0.39, 0.29) is 18.4 Å². The van der Waals surface area contributed by atoms with Crippen molar-refractivity contribution in [2.45, 2.75) is 51.0 Å². The maximum absolute atomic E-state index is 12.7. The molecule has 1 aliphatic heterocycles. The molecule has 0 spiro atoms. The second kappa shape index (κ2) is 5.62. The van der Waals surface area contributed by atoms with Crippen LogP contribution in [-0.4, -0.2) is 52.6 Å². The van der Waals surface area contributed by atoms with Crippen molar-refractivity contribution in [1.82, 2.24) is 9.80 Å². The van der Waals surface area contributed by atoms with E-state index >= 15 is 0 Å². The van der Waals surface area contributed by atoms with Gasteiger partial charge in [0.25, 0.3) is 0 Å². The quantitative estimate of drug-likeness (QED) is 0.839. The average molecular weight is 280 g/mol. The number of urea groups is 1. The van der Waals surface area contributed by atoms with E-state index in [1.165, 1.54) is 12.8 Å². The molecule has 0 radical (unpaired) electrons. The van der Waals surface area contributed by atoms with Gasteiger partial charge in [-0.3, -0.25) is 4.79 Å². The van der Waals surface area contributed by atoms with Gasteiger partial charge in [0, 0.05) is 32.1 Å². The van der Waals surface area contributed by atoms with E-state index in [0.717, 1.165) is 44.7 Å². The van der Waals surface area contributed by atoms with E-state index in [1.807, 2.05) is 4.90 Å². The number of carboxylic acids is 1. The summed E-state index contributed by atoms with van der Waals surface area (Å²) in [6, 6.07) is 0.623. The third kappa shape index (κ3) is 3.44. The van der Waals surface area contributed by atoms with Gasteiger partial charge in [0.1, 0.15) is 0 Å². The van der Waals surface area contributed by atoms with E-state index in [1.54, 1.807) is 0 Å². The Morgan fingerprint density at radius 1 is 1.10 bits per heavy atom. The van der Waals surface area contributed by atoms with Crippen LogP contribution in [0.2, 0.25) is 0 Å². The van der Waals surface area contributed by atoms with Gasteiger partial charge in [0.05, 0.1) is 0 Å². The molecule has 3 rings (SSSR count). The van der Waals surface area contributed by atoms with Crippen LogP contribution in [0.1, 0.15) is 44.9 Å². The lowest BCUT2D eigenvalue weighted by Crippen LogP contribution is -2.49. The van der Waals surface area contributed by atoms with E-state index in [9.17, 15) is 9.59 Å². The lowest BCUT2D eigenvalue weighted by molar-refractivity contribution is -0.138. The Morgan fingerprint density at radius 3 is 2.45 bits per heavy atom. The standard InChI is InChI=1S/C15H24N2O3/c18-14(19)8-12-2-1-7-16(9-12)15(20)17(13-5-6-13)10-11-3-4-11/h11-13H,1-10H2,(H,18,19). The van der Waals surface area contributed by atoms with Gasteiger partial charge in [-0.2, -0.15) is 0 Å². The normalized spacial score (nSPS) is 26.4. The zero-order chi connectivity index (χ0) is 14.1. The summed E-state index contributed by atoms with van der Waals surface area (Å²) in [7, 11) is 0. The minimum atomic E-state index is -0.749. The van der Waals surface area contributed by atoms with Crippen molar-refractivity contribution in [3.05, 3.63) is 0 Å². The number of nitrogens with zero attached hydrogens (tertiary/aromatic N) is 2. The van der Waals surface area contributed by atoms with Crippen LogP contribution >= 0.6 is 0 Å². The SMILES string of the molecule is O=C(O)CC1CCCN(C(=O)N(CC2CC2)C2CC2)C1. The Labute approximate surface area is 119 Å². The maximum atomic E-state index is 12.7. The molecule has 20 heavy (non-hydrogen) atoms. The molecule has 112 valence electrons. The molecular weight excluding hydrogens is 256 g/mol. The monoisotopic (exact) mass is 280 g/mol. The van der Waals surface area contributed by atoms with Crippen molar-refractivity contribution in [1.29, 1.82) is 0 Å². The number of hydrogen-bond acceptors (Lipinski definition) is 2. The fourth-order valence-corrected chi connectivity index (χ4v) is 3.18. The lowest BCUT2D eigenvalue weighted by atomic mass is 9.95. The Balaban J connectivity index is 1.57. The second-order valence-electron chi connectivity index (χ2n) is 6.66. The summed E-state index contributed by atoms with van der Waals surface area (Å²) >= 11 is 0. The summed E-state index contributed by atoms with van der Waals surface area (Å²) in [5.41, 5.74) is 0. The van der Waals surface area contributed by atoms with E-state index < -0.39 is 5.97 Å². The maximum Gasteiger partial charge on any atom is 0.320 e. The molecule has 0 aromatic carbocycles. The van der Waals surface area contributed by atoms with Gasteiger partial charge in [-0.15, -0.1) is 0 Å². The molecule has 2 aliphatic carbocycles. The van der Waals surface area contributed by atoms with Crippen LogP contribution in [0.5, 0.6) is 0 Å². The summed E-state index contributed by atoms with van der Waals surface area (Å²) in [5, 5.41) is 8.91. The molecule has 5 heteroatoms. The van der Waals surface area contributed by atoms with Crippen LogP contribution in [0.3, 0.4) is 0 Å². The second-order valence-corrected chi connectivity index (χ2v) is 6.66. The van der Waals surface area contributed by atoms with E-state index in [2.05, 4.69) is 4.90 Å². The fourth-order valence-electron chi connectivity index (χ4n) is 3.18. The third-order valence-electron chi connectivity index (χ3n) is 4.64. The van der Waals surface area contributed by atoms with Crippen LogP contribution in [0.25, 0.3) is 0 Å². The summed E-state index contributed by atoms with van der Waals surface area (Å²) in [4.78, 5) is 27.5. The van der Waals surface area contributed by atoms with Crippen molar-refractivity contribution >= 4 is 12.0 Å². The highest BCUT2D eigenvalue weighted by atomic mass is 16.4. The topological polar surface area (TPSA) is 60.9 Å². The Morgan fingerprint density at radius 2 is 1.85 bits per heavy atom. The fraction of sp³-hybridized carbons (Fsp3) is 0.867. The zero-order valence-electron chi connectivity index (χ0n) is 12.0. The molecular formula is C15H24N2O3. The number of carbonyl (C=O) groups excluding carboxylic acids is 1. The predicted octanol–water partition coefficient (Wildman–Crippen LogP) is 2.17. The number of hydrogen-bond donors (Lipinski definition) is 1. The highest BCUT2D eigenvalue weighted by Crippen LogP contribution is 2.36. The summed E-state index contributed by atoms with van der Waals surface area (Å²) < 4.78 is 0. The van der Waals surface area contributed by atoms with Gasteiger partial charge < -0.3 is 14.9 Å². The van der Waals surface area contributed by atoms with Crippen LogP contribution in [-0.2, 0) is 4.79 Å². The highest BCUT2D eigenvalue weighted by molar-refractivity contribution is 5.75. The summed E-state index contributed by atoms with van der Waals surface area (Å²) in [5.74, 6) is 0.104. The third-order valence-corrected chi connectivity index (χ3v) is 4.64. The highest BCUT2D eigenvalue weighted by Gasteiger charge is 2.39. The van der Waals surface area contributed by atoms with E-state index in [0.29, 0.717) is 12.6 Å². The molecule has 2 amide bonds. The Bertz CT molecular complexity index is 391. The number of rotatable bonds is 5. The number of amides is 2. The van der Waals surface area contributed by atoms with Gasteiger partial charge in [0.2, 0.25) is 0 Å². The van der Waals surface area contributed by atoms with Gasteiger partial charge in [-0.25, -0.2) is 4.79 Å². The van der Waals surface area contributed by atoms with Crippen LogP contribution in [0.4, 0.5) is 4.79 Å². The lowest BCUT2D eigenvalue weighted by Gasteiger charge is -2.36. The number of likely N-dealkylation sites (tertiary alicyclic amines) is 1. The minimum Gasteiger partial charge on any atom is -0.481 e. The number of piperidine rings is 1. The molecule has 1 unspecified atom stereocenters. The molecule has 0 aromatic rings. The van der Waals surface area contributed by atoms with Crippen molar-refractivity contribution in [3.8, 4) is 0 Å². The first kappa shape index (κ1) is 13.7. The van der Waals surface area contributed by atoms with Crippen LogP contribution in [0, 0.1) is 11.8 Å². The molecule has 0 bridgehead atoms. The van der Waals surface area contributed by atoms with Crippen LogP contribution < -0.4 is 0 Å². The first-order valence-electron chi connectivity index (χ1n) is 7.91. The molecule has 1 heterocycles. The summed E-state index contributed by atoms with van der Waals surface area (Å²) in [6.07, 6.45) is 6.87. The molecule has 3 fully saturated rings. The largest absolute Gasteiger partial charge is 0.481 e. The smallest absolute Gasteiger partial charge is 0.320 e. The molecule has 1 saturated heterocycles. The summed E-state index contributed by atoms with van der Waals surface area (Å²) in [6.45, 7) is 2.34. The van der Waals surface area contributed by atoms with Crippen molar-refractivity contribution in [2.24, 2.45) is 11.8 Å². The first-order chi connectivity index (χ1) is 9.63. The molecule has 3 aliphatic rings.